The van der Waals surface area contributed by atoms with Crippen molar-refractivity contribution in [3.63, 3.8) is 0 Å². The second-order valence-electron chi connectivity index (χ2n) is 3.47. The van der Waals surface area contributed by atoms with Gasteiger partial charge in [0.05, 0.1) is 0 Å². The predicted octanol–water partition coefficient (Wildman–Crippen LogP) is 2.92. The third kappa shape index (κ3) is 2.68. The maximum Gasteiger partial charge on any atom is 0.319 e. The summed E-state index contributed by atoms with van der Waals surface area (Å²) in [5.41, 5.74) is 0. The van der Waals surface area contributed by atoms with Crippen LogP contribution in [0.5, 0.6) is 0 Å². The monoisotopic (exact) mass is 232 g/mol. The number of thioether (sulfide) groups is 1. The summed E-state index contributed by atoms with van der Waals surface area (Å²) in [5.74, 6) is -3.05. The molecule has 15 heavy (non-hydrogen) atoms. The van der Waals surface area contributed by atoms with E-state index >= 15 is 0 Å². The Balaban J connectivity index is 3.00. The highest BCUT2D eigenvalue weighted by molar-refractivity contribution is 8.01. The summed E-state index contributed by atoms with van der Waals surface area (Å²) in [6.45, 7) is 2.87. The number of carbonyl (C=O) groups is 1. The van der Waals surface area contributed by atoms with E-state index in [4.69, 9.17) is 5.11 Å². The van der Waals surface area contributed by atoms with Crippen LogP contribution in [0.15, 0.2) is 23.1 Å². The van der Waals surface area contributed by atoms with Gasteiger partial charge in [0.2, 0.25) is 0 Å². The predicted molar refractivity (Wildman–Crippen MR) is 53.9 cm³/mol. The van der Waals surface area contributed by atoms with Gasteiger partial charge in [-0.1, -0.05) is 6.07 Å². The topological polar surface area (TPSA) is 37.3 Å². The molecule has 0 atom stereocenters. The van der Waals surface area contributed by atoms with Crippen molar-refractivity contribution in [2.75, 3.05) is 0 Å². The normalized spacial score (nSPS) is 11.5. The first kappa shape index (κ1) is 12.0. The van der Waals surface area contributed by atoms with Crippen LogP contribution in [-0.2, 0) is 4.79 Å². The lowest BCUT2D eigenvalue weighted by molar-refractivity contribution is -0.138. The Morgan fingerprint density at radius 1 is 1.40 bits per heavy atom. The van der Waals surface area contributed by atoms with Gasteiger partial charge >= 0.3 is 5.97 Å². The van der Waals surface area contributed by atoms with Crippen molar-refractivity contribution in [1.82, 2.24) is 0 Å². The van der Waals surface area contributed by atoms with E-state index in [0.29, 0.717) is 0 Å². The smallest absolute Gasteiger partial charge is 0.319 e. The highest BCUT2D eigenvalue weighted by Gasteiger charge is 2.30. The zero-order valence-electron chi connectivity index (χ0n) is 8.25. The molecular weight excluding hydrogens is 222 g/mol. The molecule has 0 spiro atoms. The van der Waals surface area contributed by atoms with Crippen molar-refractivity contribution in [2.45, 2.75) is 23.5 Å². The number of carboxylic acids is 1. The van der Waals surface area contributed by atoms with E-state index in [-0.39, 0.29) is 4.90 Å². The van der Waals surface area contributed by atoms with Crippen molar-refractivity contribution >= 4 is 17.7 Å². The summed E-state index contributed by atoms with van der Waals surface area (Å²) in [6, 6.07) is 3.69. The molecule has 0 aromatic heterocycles. The molecule has 5 heteroatoms. The van der Waals surface area contributed by atoms with Crippen LogP contribution in [0.3, 0.4) is 0 Å². The first-order chi connectivity index (χ1) is 6.84. The van der Waals surface area contributed by atoms with E-state index in [1.165, 1.54) is 26.0 Å². The van der Waals surface area contributed by atoms with Crippen LogP contribution >= 0.6 is 11.8 Å². The van der Waals surface area contributed by atoms with Crippen LogP contribution in [0.25, 0.3) is 0 Å². The fraction of sp³-hybridized carbons (Fsp3) is 0.300. The molecule has 0 radical (unpaired) electrons. The summed E-state index contributed by atoms with van der Waals surface area (Å²) in [5, 5.41) is 8.83. The second-order valence-corrected chi connectivity index (χ2v) is 5.13. The third-order valence-electron chi connectivity index (χ3n) is 1.80. The lowest BCUT2D eigenvalue weighted by Gasteiger charge is -2.18. The molecule has 0 aliphatic heterocycles. The minimum atomic E-state index is -1.19. The Morgan fingerprint density at radius 3 is 2.53 bits per heavy atom. The van der Waals surface area contributed by atoms with Crippen molar-refractivity contribution in [3.8, 4) is 0 Å². The Hall–Kier alpha value is -1.10. The summed E-state index contributed by atoms with van der Waals surface area (Å²) >= 11 is 0.780. The number of rotatable bonds is 3. The first-order valence-corrected chi connectivity index (χ1v) is 5.02. The Morgan fingerprint density at radius 2 is 2.00 bits per heavy atom. The standard InChI is InChI=1S/C10H10F2O2S/c1-10(2,9(13)14)15-7-5-3-4-6(11)8(7)12/h3-5H,1-2H3,(H,13,14). The van der Waals surface area contributed by atoms with E-state index in [0.717, 1.165) is 17.8 Å². The van der Waals surface area contributed by atoms with E-state index < -0.39 is 22.4 Å². The molecule has 82 valence electrons. The summed E-state index contributed by atoms with van der Waals surface area (Å²) in [7, 11) is 0. The van der Waals surface area contributed by atoms with E-state index in [2.05, 4.69) is 0 Å². The number of aliphatic carboxylic acids is 1. The summed E-state index contributed by atoms with van der Waals surface area (Å²) < 4.78 is 24.8. The fourth-order valence-corrected chi connectivity index (χ4v) is 1.85. The van der Waals surface area contributed by atoms with Crippen molar-refractivity contribution in [3.05, 3.63) is 29.8 Å². The first-order valence-electron chi connectivity index (χ1n) is 4.21. The molecule has 1 aromatic carbocycles. The van der Waals surface area contributed by atoms with Crippen molar-refractivity contribution < 1.29 is 18.7 Å². The lowest BCUT2D eigenvalue weighted by Crippen LogP contribution is -2.27. The molecule has 0 unspecified atom stereocenters. The number of hydrogen-bond acceptors (Lipinski definition) is 2. The maximum absolute atomic E-state index is 13.2. The Bertz CT molecular complexity index is 391. The lowest BCUT2D eigenvalue weighted by atomic mass is 10.2. The highest BCUT2D eigenvalue weighted by atomic mass is 32.2. The van der Waals surface area contributed by atoms with Gasteiger partial charge in [0.1, 0.15) is 4.75 Å². The Kier molecular flexibility index (Phi) is 3.34. The molecule has 0 aliphatic rings. The number of carboxylic acid groups (broad SMARTS) is 1. The zero-order valence-corrected chi connectivity index (χ0v) is 9.07. The fourth-order valence-electron chi connectivity index (χ4n) is 0.881. The number of benzene rings is 1. The van der Waals surface area contributed by atoms with Gasteiger partial charge in [-0.15, -0.1) is 11.8 Å². The molecule has 0 amide bonds. The van der Waals surface area contributed by atoms with E-state index in [1.54, 1.807) is 0 Å². The van der Waals surface area contributed by atoms with Gasteiger partial charge in [0.25, 0.3) is 0 Å². The molecule has 0 saturated heterocycles. The summed E-state index contributed by atoms with van der Waals surface area (Å²) in [4.78, 5) is 10.8. The van der Waals surface area contributed by atoms with E-state index in [1.807, 2.05) is 0 Å². The largest absolute Gasteiger partial charge is 0.480 e. The quantitative estimate of drug-likeness (QED) is 0.814. The SMILES string of the molecule is CC(C)(Sc1cccc(F)c1F)C(=O)O. The molecule has 0 saturated carbocycles. The average molecular weight is 232 g/mol. The second kappa shape index (κ2) is 4.18. The van der Waals surface area contributed by atoms with Crippen LogP contribution in [0.1, 0.15) is 13.8 Å². The van der Waals surface area contributed by atoms with Gasteiger partial charge in [-0.2, -0.15) is 0 Å². The van der Waals surface area contributed by atoms with Crippen LogP contribution in [-0.4, -0.2) is 15.8 Å². The molecule has 0 heterocycles. The molecule has 1 N–H and O–H groups in total. The van der Waals surface area contributed by atoms with Crippen LogP contribution < -0.4 is 0 Å². The molecule has 1 rings (SSSR count). The Labute approximate surface area is 90.3 Å². The number of hydrogen-bond donors (Lipinski definition) is 1. The van der Waals surface area contributed by atoms with Crippen LogP contribution in [0, 0.1) is 11.6 Å². The van der Waals surface area contributed by atoms with Gasteiger partial charge < -0.3 is 5.11 Å². The minimum absolute atomic E-state index is 0.00222. The molecule has 1 aromatic rings. The van der Waals surface area contributed by atoms with Crippen molar-refractivity contribution in [2.24, 2.45) is 0 Å². The van der Waals surface area contributed by atoms with Gasteiger partial charge in [-0.3, -0.25) is 4.79 Å². The molecule has 0 aliphatic carbocycles. The molecular formula is C10H10F2O2S. The van der Waals surface area contributed by atoms with Gasteiger partial charge in [-0.25, -0.2) is 8.78 Å². The average Bonchev–Trinajstić information content (AvgIpc) is 2.12. The van der Waals surface area contributed by atoms with Crippen molar-refractivity contribution in [1.29, 1.82) is 0 Å². The highest BCUT2D eigenvalue weighted by Crippen LogP contribution is 2.34. The third-order valence-corrected chi connectivity index (χ3v) is 3.02. The summed E-state index contributed by atoms with van der Waals surface area (Å²) in [6.07, 6.45) is 0. The van der Waals surface area contributed by atoms with Crippen LogP contribution in [0.2, 0.25) is 0 Å². The van der Waals surface area contributed by atoms with Gasteiger partial charge in [0.15, 0.2) is 11.6 Å². The van der Waals surface area contributed by atoms with Crippen LogP contribution in [0.4, 0.5) is 8.78 Å². The minimum Gasteiger partial charge on any atom is -0.480 e. The van der Waals surface area contributed by atoms with Gasteiger partial charge in [-0.05, 0) is 26.0 Å². The van der Waals surface area contributed by atoms with Gasteiger partial charge in [0, 0.05) is 4.90 Å². The maximum atomic E-state index is 13.2. The zero-order chi connectivity index (χ0) is 11.6. The number of halogens is 2. The molecule has 0 fully saturated rings. The molecule has 0 bridgehead atoms. The molecule has 2 nitrogen and oxygen atoms in total. The van der Waals surface area contributed by atoms with E-state index in [9.17, 15) is 13.6 Å².